The van der Waals surface area contributed by atoms with Crippen molar-refractivity contribution in [3.8, 4) is 179 Å². The van der Waals surface area contributed by atoms with Crippen LogP contribution in [0.3, 0.4) is 0 Å². The summed E-state index contributed by atoms with van der Waals surface area (Å²) < 4.78 is 0. The minimum atomic E-state index is -0.396. The molecule has 0 N–H and O–H groups in total. The van der Waals surface area contributed by atoms with Gasteiger partial charge in [-0.3, -0.25) is 0 Å². The van der Waals surface area contributed by atoms with Crippen LogP contribution in [0, 0.1) is 0 Å². The Balaban J connectivity index is 0.593. The second-order valence-corrected chi connectivity index (χ2v) is 28.6. The van der Waals surface area contributed by atoms with Crippen LogP contribution in [0.2, 0.25) is 0 Å². The number of hydrogen-bond donors (Lipinski definition) is 0. The third kappa shape index (κ3) is 11.9. The number of benzene rings is 17. The normalized spacial score (nSPS) is 12.1. The van der Waals surface area contributed by atoms with Crippen LogP contribution in [0.5, 0.6) is 0 Å². The molecule has 0 fully saturated rings. The number of rotatable bonds is 14. The summed E-state index contributed by atoms with van der Waals surface area (Å²) in [4.78, 5) is 15.9. The van der Waals surface area contributed by atoms with Crippen molar-refractivity contribution in [1.29, 1.82) is 0 Å². The van der Waals surface area contributed by atoms with Crippen molar-refractivity contribution in [2.45, 2.75) is 5.41 Å². The van der Waals surface area contributed by atoms with E-state index in [4.69, 9.17) is 15.0 Å². The molecule has 0 atom stereocenters. The Morgan fingerprint density at radius 3 is 0.596 bits per heavy atom. The van der Waals surface area contributed by atoms with Crippen molar-refractivity contribution in [3.63, 3.8) is 0 Å². The van der Waals surface area contributed by atoms with Crippen LogP contribution in [0.4, 0.5) is 0 Å². The second-order valence-electron chi connectivity index (χ2n) is 28.6. The first-order chi connectivity index (χ1) is 53.9. The van der Waals surface area contributed by atoms with Crippen molar-refractivity contribution in [2.75, 3.05) is 0 Å². The van der Waals surface area contributed by atoms with Crippen LogP contribution >= 0.6 is 0 Å². The Hall–Kier alpha value is -14.3. The standard InChI is InChI=1S/C106H69N3/c1-3-22-70(23-4-1)76-26-13-30-80(60-76)82-32-15-28-78(62-82)72-50-54-74(55-51-72)103-107-104(109-105(108-103)94-43-21-42-92(68-94)90-40-19-35-85(66-90)81-31-14-27-77(61-81)71-24-5-2-6-25-71)75-56-52-73(53-57-75)79-29-16-33-83(63-79)84-34-17-36-86(64-84)87-37-18-38-88(65-87)89-39-20-41-91(67-89)93-58-59-98-97-46-9-12-49-101(97)106(102(98)69-93)99-47-10-7-44-95(99)96-45-8-11-48-100(96)106/h1-69H. The highest BCUT2D eigenvalue weighted by Crippen LogP contribution is 2.63. The first-order valence-corrected chi connectivity index (χ1v) is 37.4. The summed E-state index contributed by atoms with van der Waals surface area (Å²) in [6, 6.07) is 152. The summed E-state index contributed by atoms with van der Waals surface area (Å²) in [6.45, 7) is 0. The summed E-state index contributed by atoms with van der Waals surface area (Å²) >= 11 is 0. The molecular weight excluding hydrogens is 1320 g/mol. The van der Waals surface area contributed by atoms with Crippen LogP contribution in [0.25, 0.3) is 179 Å². The van der Waals surface area contributed by atoms with E-state index in [0.717, 1.165) is 89.0 Å². The highest BCUT2D eigenvalue weighted by Gasteiger charge is 2.51. The van der Waals surface area contributed by atoms with E-state index in [1.54, 1.807) is 0 Å². The molecule has 2 aliphatic rings. The fraction of sp³-hybridized carbons (Fsp3) is 0.00943. The van der Waals surface area contributed by atoms with Crippen molar-refractivity contribution >= 4 is 0 Å². The molecule has 1 aromatic heterocycles. The lowest BCUT2D eigenvalue weighted by molar-refractivity contribution is 0.794. The largest absolute Gasteiger partial charge is 0.208 e. The topological polar surface area (TPSA) is 38.7 Å². The summed E-state index contributed by atoms with van der Waals surface area (Å²) in [6.07, 6.45) is 0. The SMILES string of the molecule is c1ccc(-c2cccc(-c3cccc(-c4ccc(-c5nc(-c6ccc(-c7cccc(-c8cccc(-c9cccc(-c%10cccc(-c%11ccc%12c(c%11)C%11(c%13ccccc%13-c%13ccccc%13%11)c%11ccccc%11-%12)c%10)c9)c8)c7)cc6)nc(-c6cccc(-c7cccc(-c8cccc(-c9ccccc9)c8)c7)c6)n5)cc4)c3)c2)cc1. The van der Waals surface area contributed by atoms with E-state index < -0.39 is 5.41 Å². The van der Waals surface area contributed by atoms with Gasteiger partial charge >= 0.3 is 0 Å². The molecule has 18 aromatic rings. The summed E-state index contributed by atoms with van der Waals surface area (Å²) in [7, 11) is 0. The third-order valence-corrected chi connectivity index (χ3v) is 22.2. The zero-order valence-corrected chi connectivity index (χ0v) is 59.7. The Morgan fingerprint density at radius 1 is 0.119 bits per heavy atom. The lowest BCUT2D eigenvalue weighted by Gasteiger charge is -2.30. The van der Waals surface area contributed by atoms with Gasteiger partial charge in [0.2, 0.25) is 0 Å². The molecule has 0 bridgehead atoms. The van der Waals surface area contributed by atoms with E-state index in [2.05, 4.69) is 419 Å². The van der Waals surface area contributed by atoms with Gasteiger partial charge < -0.3 is 0 Å². The minimum Gasteiger partial charge on any atom is -0.208 e. The first-order valence-electron chi connectivity index (χ1n) is 37.4. The Labute approximate surface area is 635 Å². The van der Waals surface area contributed by atoms with E-state index in [0.29, 0.717) is 17.5 Å². The fourth-order valence-corrected chi connectivity index (χ4v) is 16.8. The Morgan fingerprint density at radius 2 is 0.303 bits per heavy atom. The molecule has 109 heavy (non-hydrogen) atoms. The highest BCUT2D eigenvalue weighted by molar-refractivity contribution is 5.97. The van der Waals surface area contributed by atoms with Crippen LogP contribution in [0.1, 0.15) is 22.3 Å². The smallest absolute Gasteiger partial charge is 0.164 e. The maximum atomic E-state index is 5.31. The predicted octanol–water partition coefficient (Wildman–Crippen LogP) is 27.6. The molecule has 1 heterocycles. The quantitative estimate of drug-likeness (QED) is 0.109. The first kappa shape index (κ1) is 64.4. The van der Waals surface area contributed by atoms with Crippen LogP contribution in [-0.2, 0) is 5.41 Å². The van der Waals surface area contributed by atoms with Gasteiger partial charge in [-0.05, 0) is 228 Å². The van der Waals surface area contributed by atoms with Gasteiger partial charge in [0, 0.05) is 16.7 Å². The lowest BCUT2D eigenvalue weighted by Crippen LogP contribution is -2.25. The molecule has 1 spiro atoms. The molecule has 3 nitrogen and oxygen atoms in total. The molecule has 0 radical (unpaired) electrons. The molecule has 0 saturated carbocycles. The lowest BCUT2D eigenvalue weighted by atomic mass is 9.70. The average molecular weight is 1380 g/mol. The third-order valence-electron chi connectivity index (χ3n) is 22.2. The summed E-state index contributed by atoms with van der Waals surface area (Å²) in [5.41, 5.74) is 38.3. The number of fused-ring (bicyclic) bond motifs is 10. The molecule has 20 rings (SSSR count). The van der Waals surface area contributed by atoms with Gasteiger partial charge in [0.05, 0.1) is 5.41 Å². The highest BCUT2D eigenvalue weighted by atomic mass is 15.0. The fourth-order valence-electron chi connectivity index (χ4n) is 16.8. The molecule has 3 heteroatoms. The zero-order chi connectivity index (χ0) is 72.2. The van der Waals surface area contributed by atoms with Crippen LogP contribution < -0.4 is 0 Å². The second kappa shape index (κ2) is 27.3. The maximum absolute atomic E-state index is 5.31. The van der Waals surface area contributed by atoms with Crippen molar-refractivity contribution in [1.82, 2.24) is 15.0 Å². The van der Waals surface area contributed by atoms with Crippen molar-refractivity contribution in [2.24, 2.45) is 0 Å². The van der Waals surface area contributed by atoms with Gasteiger partial charge in [-0.2, -0.15) is 0 Å². The van der Waals surface area contributed by atoms with Gasteiger partial charge in [-0.1, -0.05) is 358 Å². The van der Waals surface area contributed by atoms with E-state index in [1.807, 2.05) is 0 Å². The Bertz CT molecular complexity index is 6470. The van der Waals surface area contributed by atoms with Crippen molar-refractivity contribution < 1.29 is 0 Å². The van der Waals surface area contributed by atoms with Gasteiger partial charge in [-0.15, -0.1) is 0 Å². The number of aromatic nitrogens is 3. The minimum absolute atomic E-state index is 0.396. The van der Waals surface area contributed by atoms with Gasteiger partial charge in [0.25, 0.3) is 0 Å². The van der Waals surface area contributed by atoms with E-state index in [-0.39, 0.29) is 0 Å². The van der Waals surface area contributed by atoms with Gasteiger partial charge in [-0.25, -0.2) is 15.0 Å². The molecular formula is C106H69N3. The van der Waals surface area contributed by atoms with Crippen molar-refractivity contribution in [3.05, 3.63) is 441 Å². The summed E-state index contributed by atoms with van der Waals surface area (Å²) in [5.74, 6) is 1.78. The summed E-state index contributed by atoms with van der Waals surface area (Å²) in [5, 5.41) is 0. The monoisotopic (exact) mass is 1380 g/mol. The maximum Gasteiger partial charge on any atom is 0.164 e. The molecule has 0 amide bonds. The molecule has 0 aliphatic heterocycles. The van der Waals surface area contributed by atoms with E-state index >= 15 is 0 Å². The molecule has 2 aliphatic carbocycles. The number of hydrogen-bond acceptors (Lipinski definition) is 3. The number of nitrogens with zero attached hydrogens (tertiary/aromatic N) is 3. The van der Waals surface area contributed by atoms with E-state index in [1.165, 1.54) is 94.6 Å². The molecule has 17 aromatic carbocycles. The molecule has 0 saturated heterocycles. The van der Waals surface area contributed by atoms with Crippen LogP contribution in [0.15, 0.2) is 419 Å². The predicted molar refractivity (Wildman–Crippen MR) is 452 cm³/mol. The molecule has 508 valence electrons. The van der Waals surface area contributed by atoms with Gasteiger partial charge in [0.1, 0.15) is 0 Å². The average Bonchev–Trinajstić information content (AvgIpc) is 1.51. The Kier molecular flexibility index (Phi) is 16.1. The van der Waals surface area contributed by atoms with E-state index in [9.17, 15) is 0 Å². The van der Waals surface area contributed by atoms with Gasteiger partial charge in [0.15, 0.2) is 17.5 Å². The zero-order valence-electron chi connectivity index (χ0n) is 59.7. The molecule has 0 unspecified atom stereocenters. The van der Waals surface area contributed by atoms with Crippen LogP contribution in [-0.4, -0.2) is 15.0 Å².